The molecule has 0 aliphatic heterocycles. The van der Waals surface area contributed by atoms with Crippen molar-refractivity contribution in [2.45, 2.75) is 19.9 Å². The summed E-state index contributed by atoms with van der Waals surface area (Å²) in [6.45, 7) is 3.28. The summed E-state index contributed by atoms with van der Waals surface area (Å²) in [6.07, 6.45) is 0.934. The first kappa shape index (κ1) is 21.4. The van der Waals surface area contributed by atoms with Crippen LogP contribution in [0.1, 0.15) is 24.2 Å². The third-order valence-corrected chi connectivity index (χ3v) is 5.03. The van der Waals surface area contributed by atoms with Crippen LogP contribution in [0.5, 0.6) is 0 Å². The molecule has 9 heteroatoms. The van der Waals surface area contributed by atoms with Crippen LogP contribution in [0.15, 0.2) is 48.5 Å². The van der Waals surface area contributed by atoms with E-state index in [0.29, 0.717) is 5.69 Å². The number of nitrogens with one attached hydrogen (secondary N) is 1. The quantitative estimate of drug-likeness (QED) is 0.711. The number of carbonyl (C=O) groups excluding carboxylic acids is 2. The molecule has 0 bridgehead atoms. The Bertz CT molecular complexity index is 978. The predicted octanol–water partition coefficient (Wildman–Crippen LogP) is 2.80. The lowest BCUT2D eigenvalue weighted by Crippen LogP contribution is -2.45. The number of halogens is 1. The van der Waals surface area contributed by atoms with E-state index in [1.165, 1.54) is 37.3 Å². The number of carbonyl (C=O) groups is 2. The van der Waals surface area contributed by atoms with Gasteiger partial charge in [0.2, 0.25) is 15.9 Å². The predicted molar refractivity (Wildman–Crippen MR) is 104 cm³/mol. The Morgan fingerprint density at radius 2 is 1.86 bits per heavy atom. The van der Waals surface area contributed by atoms with E-state index in [1.807, 2.05) is 0 Å². The van der Waals surface area contributed by atoms with Crippen LogP contribution in [0.4, 0.5) is 15.8 Å². The summed E-state index contributed by atoms with van der Waals surface area (Å²) < 4.78 is 43.7. The molecule has 1 N–H and O–H groups in total. The fraction of sp³-hybridized carbons (Fsp3) is 0.263. The maximum atomic E-state index is 13.5. The van der Waals surface area contributed by atoms with Gasteiger partial charge < -0.3 is 10.1 Å². The van der Waals surface area contributed by atoms with Crippen LogP contribution in [0.2, 0.25) is 0 Å². The second-order valence-corrected chi connectivity index (χ2v) is 7.86. The first-order valence-electron chi connectivity index (χ1n) is 8.46. The molecule has 1 atom stereocenters. The number of hydrogen-bond donors (Lipinski definition) is 1. The Kier molecular flexibility index (Phi) is 6.74. The SMILES string of the molecule is CCOC(=O)c1cccc(NC(=O)[C@H](C)N(c2cccc(F)c2)S(C)(=O)=O)c1. The van der Waals surface area contributed by atoms with E-state index >= 15 is 0 Å². The molecule has 2 aromatic rings. The first-order valence-corrected chi connectivity index (χ1v) is 10.3. The van der Waals surface area contributed by atoms with Gasteiger partial charge in [0.15, 0.2) is 0 Å². The highest BCUT2D eigenvalue weighted by atomic mass is 32.2. The molecule has 2 rings (SSSR count). The number of anilines is 2. The summed E-state index contributed by atoms with van der Waals surface area (Å²) in [4.78, 5) is 24.5. The molecule has 2 aromatic carbocycles. The van der Waals surface area contributed by atoms with Gasteiger partial charge in [-0.3, -0.25) is 9.10 Å². The lowest BCUT2D eigenvalue weighted by molar-refractivity contribution is -0.116. The summed E-state index contributed by atoms with van der Waals surface area (Å²) in [5, 5.41) is 2.57. The van der Waals surface area contributed by atoms with Gasteiger partial charge in [-0.1, -0.05) is 12.1 Å². The average Bonchev–Trinajstić information content (AvgIpc) is 2.61. The van der Waals surface area contributed by atoms with E-state index < -0.39 is 33.8 Å². The van der Waals surface area contributed by atoms with E-state index in [2.05, 4.69) is 5.32 Å². The van der Waals surface area contributed by atoms with E-state index in [1.54, 1.807) is 19.1 Å². The lowest BCUT2D eigenvalue weighted by Gasteiger charge is -2.28. The highest BCUT2D eigenvalue weighted by Crippen LogP contribution is 2.22. The van der Waals surface area contributed by atoms with Gasteiger partial charge in [-0.25, -0.2) is 17.6 Å². The van der Waals surface area contributed by atoms with Gasteiger partial charge in [0, 0.05) is 5.69 Å². The molecule has 0 unspecified atom stereocenters. The largest absolute Gasteiger partial charge is 0.462 e. The second-order valence-electron chi connectivity index (χ2n) is 6.01. The van der Waals surface area contributed by atoms with Gasteiger partial charge in [0.25, 0.3) is 0 Å². The maximum Gasteiger partial charge on any atom is 0.338 e. The van der Waals surface area contributed by atoms with Crippen molar-refractivity contribution >= 4 is 33.3 Å². The van der Waals surface area contributed by atoms with E-state index in [4.69, 9.17) is 4.74 Å². The Balaban J connectivity index is 2.27. The smallest absolute Gasteiger partial charge is 0.338 e. The Labute approximate surface area is 163 Å². The summed E-state index contributed by atoms with van der Waals surface area (Å²) >= 11 is 0. The van der Waals surface area contributed by atoms with Crippen molar-refractivity contribution in [2.24, 2.45) is 0 Å². The number of rotatable bonds is 7. The minimum atomic E-state index is -3.87. The van der Waals surface area contributed by atoms with E-state index in [9.17, 15) is 22.4 Å². The molecule has 0 spiro atoms. The average molecular weight is 408 g/mol. The fourth-order valence-corrected chi connectivity index (χ4v) is 3.77. The summed E-state index contributed by atoms with van der Waals surface area (Å²) in [5.41, 5.74) is 0.581. The molecule has 0 aliphatic carbocycles. The number of ether oxygens (including phenoxy) is 1. The maximum absolute atomic E-state index is 13.5. The summed E-state index contributed by atoms with van der Waals surface area (Å²) in [6, 6.07) is 9.88. The minimum Gasteiger partial charge on any atom is -0.462 e. The molecule has 0 fully saturated rings. The highest BCUT2D eigenvalue weighted by Gasteiger charge is 2.29. The van der Waals surface area contributed by atoms with Crippen LogP contribution in [0.3, 0.4) is 0 Å². The van der Waals surface area contributed by atoms with Crippen LogP contribution >= 0.6 is 0 Å². The van der Waals surface area contributed by atoms with E-state index in [0.717, 1.165) is 16.6 Å². The van der Waals surface area contributed by atoms with Crippen molar-refractivity contribution in [3.63, 3.8) is 0 Å². The van der Waals surface area contributed by atoms with E-state index in [-0.39, 0.29) is 17.9 Å². The number of benzene rings is 2. The van der Waals surface area contributed by atoms with Gasteiger partial charge in [0.1, 0.15) is 11.9 Å². The molecular formula is C19H21FN2O5S. The molecule has 0 heterocycles. The Hall–Kier alpha value is -2.94. The molecule has 0 saturated heterocycles. The summed E-state index contributed by atoms with van der Waals surface area (Å²) in [7, 11) is -3.87. The van der Waals surface area contributed by atoms with Crippen LogP contribution in [-0.2, 0) is 19.6 Å². The van der Waals surface area contributed by atoms with Crippen molar-refractivity contribution in [1.82, 2.24) is 0 Å². The monoisotopic (exact) mass is 408 g/mol. The second kappa shape index (κ2) is 8.83. The molecule has 28 heavy (non-hydrogen) atoms. The topological polar surface area (TPSA) is 92.8 Å². The number of esters is 1. The number of hydrogen-bond acceptors (Lipinski definition) is 5. The van der Waals surface area contributed by atoms with Gasteiger partial charge >= 0.3 is 5.97 Å². The molecule has 0 saturated carbocycles. The van der Waals surface area contributed by atoms with Crippen molar-refractivity contribution in [2.75, 3.05) is 22.5 Å². The zero-order chi connectivity index (χ0) is 20.9. The molecule has 0 radical (unpaired) electrons. The zero-order valence-corrected chi connectivity index (χ0v) is 16.5. The number of sulfonamides is 1. The third kappa shape index (κ3) is 5.29. The van der Waals surface area contributed by atoms with Crippen molar-refractivity contribution in [3.05, 3.63) is 59.9 Å². The molecule has 0 aromatic heterocycles. The third-order valence-electron chi connectivity index (χ3n) is 3.79. The lowest BCUT2D eigenvalue weighted by atomic mass is 10.2. The van der Waals surface area contributed by atoms with Gasteiger partial charge in [-0.15, -0.1) is 0 Å². The van der Waals surface area contributed by atoms with Crippen LogP contribution < -0.4 is 9.62 Å². The van der Waals surface area contributed by atoms with Crippen molar-refractivity contribution in [1.29, 1.82) is 0 Å². The number of amides is 1. The zero-order valence-electron chi connectivity index (χ0n) is 15.7. The standard InChI is InChI=1S/C19H21FN2O5S/c1-4-27-19(24)14-7-5-9-16(11-14)21-18(23)13(2)22(28(3,25)26)17-10-6-8-15(20)12-17/h5-13H,4H2,1-3H3,(H,21,23)/t13-/m0/s1. The van der Waals surface area contributed by atoms with Gasteiger partial charge in [0.05, 0.1) is 24.1 Å². The molecular weight excluding hydrogens is 387 g/mol. The van der Waals surface area contributed by atoms with Crippen LogP contribution in [0, 0.1) is 5.82 Å². The van der Waals surface area contributed by atoms with Crippen LogP contribution in [0.25, 0.3) is 0 Å². The van der Waals surface area contributed by atoms with Crippen molar-refractivity contribution < 1.29 is 27.1 Å². The fourth-order valence-electron chi connectivity index (χ4n) is 2.61. The first-order chi connectivity index (χ1) is 13.1. The molecule has 150 valence electrons. The number of nitrogens with zero attached hydrogens (tertiary/aromatic N) is 1. The minimum absolute atomic E-state index is 0.0328. The Morgan fingerprint density at radius 3 is 2.46 bits per heavy atom. The summed E-state index contributed by atoms with van der Waals surface area (Å²) in [5.74, 6) is -1.80. The molecule has 0 aliphatic rings. The highest BCUT2D eigenvalue weighted by molar-refractivity contribution is 7.92. The van der Waals surface area contributed by atoms with Crippen LogP contribution in [-0.4, -0.2) is 39.2 Å². The normalized spacial score (nSPS) is 12.1. The van der Waals surface area contributed by atoms with Gasteiger partial charge in [-0.05, 0) is 50.2 Å². The molecule has 1 amide bonds. The molecule has 7 nitrogen and oxygen atoms in total. The van der Waals surface area contributed by atoms with Crippen molar-refractivity contribution in [3.8, 4) is 0 Å². The van der Waals surface area contributed by atoms with Gasteiger partial charge in [-0.2, -0.15) is 0 Å². The Morgan fingerprint density at radius 1 is 1.18 bits per heavy atom.